The van der Waals surface area contributed by atoms with Crippen LogP contribution in [0.4, 0.5) is 0 Å². The maximum absolute atomic E-state index is 13.2. The number of hydrogen-bond donors (Lipinski definition) is 1. The molecule has 186 valence electrons. The number of ketones is 1. The molecular formula is C27H32N2O6. The van der Waals surface area contributed by atoms with Gasteiger partial charge in [-0.3, -0.25) is 9.59 Å². The van der Waals surface area contributed by atoms with Gasteiger partial charge < -0.3 is 24.4 Å². The second-order valence-electron chi connectivity index (χ2n) is 8.64. The molecule has 35 heavy (non-hydrogen) atoms. The standard InChI is InChI=1S/C27H32N2O6/c1-5-16-35-21-9-6-8-20(17-21)24(30)22-23(18-10-12-19(13-11-18)27(33)34-4)29(26(32)25(22)31)15-7-14-28(2)3/h6,8-13,17,23,30H,5,7,14-16H2,1-4H3/b24-22+. The van der Waals surface area contributed by atoms with Crippen LogP contribution in [-0.2, 0) is 14.3 Å². The number of benzene rings is 2. The maximum Gasteiger partial charge on any atom is 0.337 e. The molecule has 1 amide bonds. The minimum atomic E-state index is -0.788. The largest absolute Gasteiger partial charge is 0.507 e. The Bertz CT molecular complexity index is 1110. The second-order valence-corrected chi connectivity index (χ2v) is 8.64. The SMILES string of the molecule is CCCOc1cccc(/C(O)=C2\C(=O)C(=O)N(CCCN(C)C)C2c2ccc(C(=O)OC)cc2)c1. The van der Waals surface area contributed by atoms with Crippen molar-refractivity contribution in [1.29, 1.82) is 0 Å². The summed E-state index contributed by atoms with van der Waals surface area (Å²) in [5.74, 6) is -1.59. The minimum Gasteiger partial charge on any atom is -0.507 e. The molecule has 3 rings (SSSR count). The third-order valence-corrected chi connectivity index (χ3v) is 5.77. The highest BCUT2D eigenvalue weighted by molar-refractivity contribution is 6.46. The molecule has 2 aromatic carbocycles. The Morgan fingerprint density at radius 2 is 1.80 bits per heavy atom. The van der Waals surface area contributed by atoms with Crippen molar-refractivity contribution in [3.63, 3.8) is 0 Å². The van der Waals surface area contributed by atoms with E-state index in [1.54, 1.807) is 48.5 Å². The summed E-state index contributed by atoms with van der Waals surface area (Å²) in [6.45, 7) is 3.58. The van der Waals surface area contributed by atoms with Crippen LogP contribution in [0.2, 0.25) is 0 Å². The number of likely N-dealkylation sites (tertiary alicyclic amines) is 1. The van der Waals surface area contributed by atoms with E-state index >= 15 is 0 Å². The van der Waals surface area contributed by atoms with Gasteiger partial charge in [0, 0.05) is 12.1 Å². The molecule has 0 radical (unpaired) electrons. The van der Waals surface area contributed by atoms with Crippen LogP contribution < -0.4 is 4.74 Å². The molecule has 2 aromatic rings. The molecule has 1 unspecified atom stereocenters. The zero-order valence-electron chi connectivity index (χ0n) is 20.6. The van der Waals surface area contributed by atoms with Gasteiger partial charge in [0.1, 0.15) is 11.5 Å². The van der Waals surface area contributed by atoms with Crippen molar-refractivity contribution in [2.75, 3.05) is 40.9 Å². The summed E-state index contributed by atoms with van der Waals surface area (Å²) in [7, 11) is 5.17. The van der Waals surface area contributed by atoms with Crippen molar-refractivity contribution in [3.8, 4) is 5.75 Å². The fraction of sp³-hybridized carbons (Fsp3) is 0.370. The summed E-state index contributed by atoms with van der Waals surface area (Å²) in [6, 6.07) is 12.6. The molecule has 1 heterocycles. The van der Waals surface area contributed by atoms with Crippen LogP contribution in [0.3, 0.4) is 0 Å². The average Bonchev–Trinajstić information content (AvgIpc) is 3.11. The molecule has 1 aliphatic rings. The number of aliphatic hydroxyl groups is 1. The Morgan fingerprint density at radius 3 is 2.43 bits per heavy atom. The molecule has 0 aliphatic carbocycles. The van der Waals surface area contributed by atoms with Crippen molar-refractivity contribution < 1.29 is 29.0 Å². The zero-order chi connectivity index (χ0) is 25.5. The molecule has 0 aromatic heterocycles. The molecule has 8 nitrogen and oxygen atoms in total. The summed E-state index contributed by atoms with van der Waals surface area (Å²) in [5.41, 5.74) is 1.36. The van der Waals surface area contributed by atoms with Gasteiger partial charge in [0.15, 0.2) is 0 Å². The number of esters is 1. The van der Waals surface area contributed by atoms with Crippen LogP contribution in [0.15, 0.2) is 54.1 Å². The zero-order valence-corrected chi connectivity index (χ0v) is 20.6. The minimum absolute atomic E-state index is 0.0123. The number of amides is 1. The summed E-state index contributed by atoms with van der Waals surface area (Å²) in [5, 5.41) is 11.2. The van der Waals surface area contributed by atoms with Gasteiger partial charge in [-0.1, -0.05) is 31.2 Å². The van der Waals surface area contributed by atoms with Gasteiger partial charge in [-0.15, -0.1) is 0 Å². The number of carbonyl (C=O) groups is 3. The van der Waals surface area contributed by atoms with E-state index in [0.717, 1.165) is 13.0 Å². The van der Waals surface area contributed by atoms with Crippen LogP contribution in [-0.4, -0.2) is 73.5 Å². The monoisotopic (exact) mass is 480 g/mol. The third-order valence-electron chi connectivity index (χ3n) is 5.77. The van der Waals surface area contributed by atoms with Crippen molar-refractivity contribution in [2.24, 2.45) is 0 Å². The molecule has 8 heteroatoms. The Hall–Kier alpha value is -3.65. The number of ether oxygens (including phenoxy) is 2. The van der Waals surface area contributed by atoms with E-state index in [0.29, 0.717) is 42.0 Å². The van der Waals surface area contributed by atoms with E-state index in [4.69, 9.17) is 9.47 Å². The first-order valence-corrected chi connectivity index (χ1v) is 11.6. The van der Waals surface area contributed by atoms with Gasteiger partial charge in [0.05, 0.1) is 30.9 Å². The third kappa shape index (κ3) is 5.89. The molecule has 1 saturated heterocycles. The van der Waals surface area contributed by atoms with Gasteiger partial charge in [-0.2, -0.15) is 0 Å². The Morgan fingerprint density at radius 1 is 1.09 bits per heavy atom. The van der Waals surface area contributed by atoms with Crippen LogP contribution >= 0.6 is 0 Å². The topological polar surface area (TPSA) is 96.4 Å². The lowest BCUT2D eigenvalue weighted by Crippen LogP contribution is -2.32. The lowest BCUT2D eigenvalue weighted by Gasteiger charge is -2.26. The average molecular weight is 481 g/mol. The number of carbonyl (C=O) groups excluding carboxylic acids is 3. The van der Waals surface area contributed by atoms with E-state index < -0.39 is 23.7 Å². The molecule has 1 N–H and O–H groups in total. The molecule has 0 bridgehead atoms. The van der Waals surface area contributed by atoms with Crippen molar-refractivity contribution in [3.05, 3.63) is 70.8 Å². The van der Waals surface area contributed by atoms with E-state index in [9.17, 15) is 19.5 Å². The normalized spacial score (nSPS) is 17.2. The van der Waals surface area contributed by atoms with Gasteiger partial charge >= 0.3 is 5.97 Å². The number of hydrogen-bond acceptors (Lipinski definition) is 7. The summed E-state index contributed by atoms with van der Waals surface area (Å²) >= 11 is 0. The second kappa shape index (κ2) is 11.7. The highest BCUT2D eigenvalue weighted by Crippen LogP contribution is 2.40. The first kappa shape index (κ1) is 26.0. The van der Waals surface area contributed by atoms with Crippen molar-refractivity contribution in [2.45, 2.75) is 25.8 Å². The predicted molar refractivity (Wildman–Crippen MR) is 132 cm³/mol. The Balaban J connectivity index is 2.07. The number of Topliss-reactive ketones (excluding diaryl/α,β-unsaturated/α-hetero) is 1. The first-order chi connectivity index (χ1) is 16.8. The number of nitrogens with zero attached hydrogens (tertiary/aromatic N) is 2. The number of rotatable bonds is 10. The van der Waals surface area contributed by atoms with Gasteiger partial charge in [-0.05, 0) is 63.3 Å². The fourth-order valence-electron chi connectivity index (χ4n) is 4.04. The maximum atomic E-state index is 13.2. The quantitative estimate of drug-likeness (QED) is 0.240. The summed E-state index contributed by atoms with van der Waals surface area (Å²) < 4.78 is 10.4. The first-order valence-electron chi connectivity index (χ1n) is 11.6. The van der Waals surface area contributed by atoms with Crippen LogP contribution in [0.5, 0.6) is 5.75 Å². The number of aliphatic hydroxyl groups excluding tert-OH is 1. The number of methoxy groups -OCH3 is 1. The highest BCUT2D eigenvalue weighted by atomic mass is 16.5. The van der Waals surface area contributed by atoms with Gasteiger partial charge in [-0.25, -0.2) is 4.79 Å². The Labute approximate surface area is 205 Å². The molecule has 0 saturated carbocycles. The van der Waals surface area contributed by atoms with E-state index in [1.807, 2.05) is 25.9 Å². The van der Waals surface area contributed by atoms with Crippen LogP contribution in [0.1, 0.15) is 47.3 Å². The predicted octanol–water partition coefficient (Wildman–Crippen LogP) is 3.64. The lowest BCUT2D eigenvalue weighted by atomic mass is 9.94. The van der Waals surface area contributed by atoms with Crippen LogP contribution in [0.25, 0.3) is 5.76 Å². The van der Waals surface area contributed by atoms with E-state index in [1.165, 1.54) is 12.0 Å². The van der Waals surface area contributed by atoms with Gasteiger partial charge in [0.2, 0.25) is 0 Å². The fourth-order valence-corrected chi connectivity index (χ4v) is 4.04. The smallest absolute Gasteiger partial charge is 0.337 e. The van der Waals surface area contributed by atoms with Crippen LogP contribution in [0, 0.1) is 0 Å². The molecule has 1 atom stereocenters. The Kier molecular flexibility index (Phi) is 8.65. The van der Waals surface area contributed by atoms with E-state index in [2.05, 4.69) is 0 Å². The molecule has 1 fully saturated rings. The molecular weight excluding hydrogens is 448 g/mol. The summed E-state index contributed by atoms with van der Waals surface area (Å²) in [6.07, 6.45) is 1.48. The highest BCUT2D eigenvalue weighted by Gasteiger charge is 2.45. The molecule has 1 aliphatic heterocycles. The van der Waals surface area contributed by atoms with Crippen molar-refractivity contribution in [1.82, 2.24) is 9.80 Å². The lowest BCUT2D eigenvalue weighted by molar-refractivity contribution is -0.139. The molecule has 0 spiro atoms. The van der Waals surface area contributed by atoms with Gasteiger partial charge in [0.25, 0.3) is 11.7 Å². The summed E-state index contributed by atoms with van der Waals surface area (Å²) in [4.78, 5) is 41.6. The van der Waals surface area contributed by atoms with E-state index in [-0.39, 0.29) is 11.3 Å². The van der Waals surface area contributed by atoms with Crippen molar-refractivity contribution >= 4 is 23.4 Å².